The summed E-state index contributed by atoms with van der Waals surface area (Å²) in [5.41, 5.74) is 1.20. The summed E-state index contributed by atoms with van der Waals surface area (Å²) >= 11 is 0. The number of nitrogens with one attached hydrogen (secondary N) is 1. The molecule has 2 rings (SSSR count). The van der Waals surface area contributed by atoms with E-state index in [4.69, 9.17) is 4.74 Å². The second-order valence-electron chi connectivity index (χ2n) is 5.10. The molecule has 0 radical (unpaired) electrons. The van der Waals surface area contributed by atoms with Crippen molar-refractivity contribution in [2.75, 3.05) is 6.54 Å². The van der Waals surface area contributed by atoms with E-state index in [1.54, 1.807) is 0 Å². The summed E-state index contributed by atoms with van der Waals surface area (Å²) in [5, 5.41) is 3.58. The van der Waals surface area contributed by atoms with Crippen LogP contribution in [-0.2, 0) is 4.74 Å². The van der Waals surface area contributed by atoms with Crippen molar-refractivity contribution in [1.82, 2.24) is 5.32 Å². The van der Waals surface area contributed by atoms with Crippen LogP contribution in [0.25, 0.3) is 0 Å². The third kappa shape index (κ3) is 2.45. The molecule has 16 heavy (non-hydrogen) atoms. The zero-order chi connectivity index (χ0) is 11.6. The van der Waals surface area contributed by atoms with E-state index in [1.807, 2.05) is 6.07 Å². The number of benzene rings is 1. The molecule has 0 amide bonds. The van der Waals surface area contributed by atoms with Gasteiger partial charge in [0.05, 0.1) is 11.7 Å². The fourth-order valence-electron chi connectivity index (χ4n) is 2.25. The molecule has 0 saturated carbocycles. The van der Waals surface area contributed by atoms with E-state index in [1.165, 1.54) is 5.56 Å². The quantitative estimate of drug-likeness (QED) is 0.825. The van der Waals surface area contributed by atoms with Crippen LogP contribution in [-0.4, -0.2) is 18.2 Å². The third-order valence-electron chi connectivity index (χ3n) is 3.17. The second kappa shape index (κ2) is 4.56. The van der Waals surface area contributed by atoms with Gasteiger partial charge in [0.25, 0.3) is 0 Å². The highest BCUT2D eigenvalue weighted by Gasteiger charge is 2.34. The molecule has 0 aromatic heterocycles. The Kier molecular flexibility index (Phi) is 3.31. The van der Waals surface area contributed by atoms with Gasteiger partial charge in [-0.3, -0.25) is 0 Å². The smallest absolute Gasteiger partial charge is 0.0985 e. The van der Waals surface area contributed by atoms with Gasteiger partial charge < -0.3 is 10.1 Å². The Labute approximate surface area is 98.0 Å². The number of ether oxygens (including phenoxy) is 1. The number of morpholine rings is 1. The summed E-state index contributed by atoms with van der Waals surface area (Å²) in [5.74, 6) is 0. The highest BCUT2D eigenvalue weighted by molar-refractivity contribution is 5.20. The maximum Gasteiger partial charge on any atom is 0.0985 e. The molecule has 2 unspecified atom stereocenters. The van der Waals surface area contributed by atoms with Crippen molar-refractivity contribution in [2.45, 2.75) is 44.9 Å². The number of rotatable bonds is 2. The Balaban J connectivity index is 2.22. The minimum absolute atomic E-state index is 0.0772. The SMILES string of the molecule is CCC1NCC(C)(C)OC1c1ccccc1. The summed E-state index contributed by atoms with van der Waals surface area (Å²) in [6.07, 6.45) is 1.27. The Morgan fingerprint density at radius 2 is 2.00 bits per heavy atom. The number of hydrogen-bond donors (Lipinski definition) is 1. The zero-order valence-electron chi connectivity index (χ0n) is 10.4. The summed E-state index contributed by atoms with van der Waals surface area (Å²) in [7, 11) is 0. The lowest BCUT2D eigenvalue weighted by Gasteiger charge is -2.42. The average molecular weight is 219 g/mol. The van der Waals surface area contributed by atoms with Crippen molar-refractivity contribution in [3.05, 3.63) is 35.9 Å². The van der Waals surface area contributed by atoms with Crippen LogP contribution in [0.2, 0.25) is 0 Å². The van der Waals surface area contributed by atoms with E-state index in [9.17, 15) is 0 Å². The van der Waals surface area contributed by atoms with Gasteiger partial charge in [-0.1, -0.05) is 37.3 Å². The average Bonchev–Trinajstić information content (AvgIpc) is 2.29. The molecular formula is C14H21NO. The van der Waals surface area contributed by atoms with Gasteiger partial charge in [-0.2, -0.15) is 0 Å². The molecule has 1 aliphatic rings. The van der Waals surface area contributed by atoms with Crippen LogP contribution >= 0.6 is 0 Å². The van der Waals surface area contributed by atoms with Gasteiger partial charge in [0, 0.05) is 12.6 Å². The Bertz CT molecular complexity index is 334. The van der Waals surface area contributed by atoms with Crippen LogP contribution in [0.15, 0.2) is 30.3 Å². The first kappa shape index (κ1) is 11.6. The first-order valence-electron chi connectivity index (χ1n) is 6.08. The first-order chi connectivity index (χ1) is 7.62. The lowest BCUT2D eigenvalue weighted by Crippen LogP contribution is -2.52. The normalized spacial score (nSPS) is 28.9. The second-order valence-corrected chi connectivity index (χ2v) is 5.10. The van der Waals surface area contributed by atoms with Crippen LogP contribution in [0.1, 0.15) is 38.9 Å². The molecule has 2 heteroatoms. The lowest BCUT2D eigenvalue weighted by atomic mass is 9.95. The highest BCUT2D eigenvalue weighted by atomic mass is 16.5. The van der Waals surface area contributed by atoms with E-state index >= 15 is 0 Å². The molecule has 1 heterocycles. The molecule has 0 bridgehead atoms. The lowest BCUT2D eigenvalue weighted by molar-refractivity contribution is -0.118. The van der Waals surface area contributed by atoms with Crippen LogP contribution in [0, 0.1) is 0 Å². The topological polar surface area (TPSA) is 21.3 Å². The fourth-order valence-corrected chi connectivity index (χ4v) is 2.25. The molecule has 1 fully saturated rings. The van der Waals surface area contributed by atoms with Gasteiger partial charge in [-0.15, -0.1) is 0 Å². The predicted octanol–water partition coefficient (Wildman–Crippen LogP) is 2.90. The van der Waals surface area contributed by atoms with E-state index in [2.05, 4.69) is 50.4 Å². The minimum Gasteiger partial charge on any atom is -0.365 e. The molecular weight excluding hydrogens is 198 g/mol. The highest BCUT2D eigenvalue weighted by Crippen LogP contribution is 2.31. The molecule has 1 aromatic carbocycles. The van der Waals surface area contributed by atoms with Gasteiger partial charge in [-0.05, 0) is 25.8 Å². The van der Waals surface area contributed by atoms with Gasteiger partial charge in [0.1, 0.15) is 0 Å². The Hall–Kier alpha value is -0.860. The van der Waals surface area contributed by atoms with Crippen LogP contribution in [0.4, 0.5) is 0 Å². The third-order valence-corrected chi connectivity index (χ3v) is 3.17. The molecule has 2 atom stereocenters. The number of hydrogen-bond acceptors (Lipinski definition) is 2. The zero-order valence-corrected chi connectivity index (χ0v) is 10.4. The fraction of sp³-hybridized carbons (Fsp3) is 0.571. The molecule has 88 valence electrons. The standard InChI is InChI=1S/C14H21NO/c1-4-12-13(11-8-6-5-7-9-11)16-14(2,3)10-15-12/h5-9,12-13,15H,4,10H2,1-3H3. The molecule has 0 spiro atoms. The van der Waals surface area contributed by atoms with Crippen molar-refractivity contribution in [1.29, 1.82) is 0 Å². The van der Waals surface area contributed by atoms with E-state index in [0.29, 0.717) is 6.04 Å². The molecule has 2 nitrogen and oxygen atoms in total. The summed E-state index contributed by atoms with van der Waals surface area (Å²) in [6, 6.07) is 10.9. The largest absolute Gasteiger partial charge is 0.365 e. The van der Waals surface area contributed by atoms with Crippen LogP contribution in [0.5, 0.6) is 0 Å². The van der Waals surface area contributed by atoms with Crippen molar-refractivity contribution in [2.24, 2.45) is 0 Å². The maximum atomic E-state index is 6.20. The minimum atomic E-state index is -0.0772. The summed E-state index contributed by atoms with van der Waals surface area (Å²) in [6.45, 7) is 7.41. The van der Waals surface area contributed by atoms with E-state index in [0.717, 1.165) is 13.0 Å². The molecule has 1 saturated heterocycles. The van der Waals surface area contributed by atoms with Gasteiger partial charge >= 0.3 is 0 Å². The molecule has 1 aromatic rings. The first-order valence-corrected chi connectivity index (χ1v) is 6.08. The van der Waals surface area contributed by atoms with Crippen molar-refractivity contribution >= 4 is 0 Å². The van der Waals surface area contributed by atoms with Crippen molar-refractivity contribution in [3.63, 3.8) is 0 Å². The molecule has 1 aliphatic heterocycles. The Morgan fingerprint density at radius 3 is 2.62 bits per heavy atom. The van der Waals surface area contributed by atoms with Crippen LogP contribution in [0.3, 0.4) is 0 Å². The van der Waals surface area contributed by atoms with Crippen LogP contribution < -0.4 is 5.32 Å². The summed E-state index contributed by atoms with van der Waals surface area (Å²) in [4.78, 5) is 0. The van der Waals surface area contributed by atoms with E-state index in [-0.39, 0.29) is 11.7 Å². The van der Waals surface area contributed by atoms with Gasteiger partial charge in [0.15, 0.2) is 0 Å². The Morgan fingerprint density at radius 1 is 1.31 bits per heavy atom. The molecule has 1 N–H and O–H groups in total. The van der Waals surface area contributed by atoms with Gasteiger partial charge in [-0.25, -0.2) is 0 Å². The molecule has 0 aliphatic carbocycles. The van der Waals surface area contributed by atoms with E-state index < -0.39 is 0 Å². The summed E-state index contributed by atoms with van der Waals surface area (Å²) < 4.78 is 6.20. The van der Waals surface area contributed by atoms with Gasteiger partial charge in [0.2, 0.25) is 0 Å². The predicted molar refractivity (Wildman–Crippen MR) is 66.4 cm³/mol. The monoisotopic (exact) mass is 219 g/mol. The maximum absolute atomic E-state index is 6.20. The van der Waals surface area contributed by atoms with Crippen molar-refractivity contribution in [3.8, 4) is 0 Å². The van der Waals surface area contributed by atoms with Crippen molar-refractivity contribution < 1.29 is 4.74 Å².